The summed E-state index contributed by atoms with van der Waals surface area (Å²) in [6.45, 7) is 14.1. The lowest BCUT2D eigenvalue weighted by molar-refractivity contribution is -0.149. The second kappa shape index (κ2) is 21.7. The van der Waals surface area contributed by atoms with Crippen LogP contribution < -0.4 is 26.6 Å². The summed E-state index contributed by atoms with van der Waals surface area (Å²) in [7, 11) is 0. The van der Waals surface area contributed by atoms with Crippen molar-refractivity contribution in [3.8, 4) is 0 Å². The smallest absolute Gasteiger partial charge is 0.328 e. The molecule has 2 fully saturated rings. The van der Waals surface area contributed by atoms with E-state index in [1.54, 1.807) is 13.8 Å². The van der Waals surface area contributed by atoms with Crippen LogP contribution in [0, 0.1) is 5.92 Å². The van der Waals surface area contributed by atoms with E-state index in [1.165, 1.54) is 30.6 Å². The zero-order valence-electron chi connectivity index (χ0n) is 31.5. The summed E-state index contributed by atoms with van der Waals surface area (Å²) in [5.74, 6) is -3.86. The molecule has 4 unspecified atom stereocenters. The number of hydrogen-bond acceptors (Lipinski definition) is 11. The molecule has 0 aromatic heterocycles. The molecular formula is C34H57N9O9. The number of esters is 1. The van der Waals surface area contributed by atoms with E-state index in [0.717, 1.165) is 13.1 Å². The number of imide groups is 1. The number of nitrogens with one attached hydrogen (secondary N) is 5. The Morgan fingerprint density at radius 2 is 1.37 bits per heavy atom. The Balaban J connectivity index is 2.13. The molecule has 0 aliphatic carbocycles. The lowest BCUT2D eigenvalue weighted by atomic mass is 10.0. The molecule has 4 atom stereocenters. The van der Waals surface area contributed by atoms with Gasteiger partial charge in [-0.1, -0.05) is 27.7 Å². The Kier molecular flexibility index (Phi) is 18.2. The zero-order chi connectivity index (χ0) is 39.0. The van der Waals surface area contributed by atoms with Crippen LogP contribution in [0.5, 0.6) is 0 Å². The van der Waals surface area contributed by atoms with Crippen LogP contribution in [-0.4, -0.2) is 138 Å². The molecule has 5 N–H and O–H groups in total. The van der Waals surface area contributed by atoms with Gasteiger partial charge in [0, 0.05) is 47.0 Å². The van der Waals surface area contributed by atoms with Gasteiger partial charge in [0.05, 0.1) is 0 Å². The van der Waals surface area contributed by atoms with E-state index in [1.807, 2.05) is 13.8 Å². The number of likely N-dealkylation sites (N-methyl/N-ethyl adjacent to an activating group) is 1. The summed E-state index contributed by atoms with van der Waals surface area (Å²) in [6, 6.07) is -4.61. The van der Waals surface area contributed by atoms with E-state index < -0.39 is 65.7 Å². The lowest BCUT2D eigenvalue weighted by Crippen LogP contribution is -2.57. The molecule has 2 rings (SSSR count). The van der Waals surface area contributed by atoms with Crippen LogP contribution in [0.4, 0.5) is 4.79 Å². The molecule has 0 aromatic carbocycles. The summed E-state index contributed by atoms with van der Waals surface area (Å²) < 4.78 is 5.51. The van der Waals surface area contributed by atoms with Crippen molar-refractivity contribution in [2.45, 2.75) is 111 Å². The number of hydrogen-bond donors (Lipinski definition) is 5. The van der Waals surface area contributed by atoms with Crippen LogP contribution in [-0.2, 0) is 38.3 Å². The highest BCUT2D eigenvalue weighted by Crippen LogP contribution is 2.22. The average molecular weight is 736 g/mol. The van der Waals surface area contributed by atoms with Gasteiger partial charge in [0.1, 0.15) is 30.8 Å². The van der Waals surface area contributed by atoms with Crippen molar-refractivity contribution in [1.29, 1.82) is 0 Å². The Morgan fingerprint density at radius 3 is 1.90 bits per heavy atom. The van der Waals surface area contributed by atoms with Gasteiger partial charge in [-0.2, -0.15) is 0 Å². The zero-order valence-corrected chi connectivity index (χ0v) is 31.5. The fourth-order valence-electron chi connectivity index (χ4n) is 6.12. The molecule has 8 amide bonds. The fraction of sp³-hybridized carbons (Fsp3) is 0.735. The molecule has 0 spiro atoms. The number of aliphatic imine (C=N–C) groups is 1. The highest BCUT2D eigenvalue weighted by Gasteiger charge is 2.41. The Hall–Kier alpha value is -4.61. The first-order valence-corrected chi connectivity index (χ1v) is 18.1. The topological polar surface area (TPSA) is 228 Å². The summed E-state index contributed by atoms with van der Waals surface area (Å²) in [6.07, 6.45) is 2.00. The summed E-state index contributed by atoms with van der Waals surface area (Å²) in [5.41, 5.74) is 0. The molecule has 0 saturated carbocycles. The summed E-state index contributed by atoms with van der Waals surface area (Å²) in [5, 5.41) is 12.6. The minimum atomic E-state index is -1.09. The van der Waals surface area contributed by atoms with Crippen LogP contribution in [0.15, 0.2) is 4.99 Å². The van der Waals surface area contributed by atoms with Crippen LogP contribution >= 0.6 is 0 Å². The number of rotatable bonds is 16. The highest BCUT2D eigenvalue weighted by atomic mass is 16.5. The lowest BCUT2D eigenvalue weighted by Gasteiger charge is -2.31. The maximum Gasteiger partial charge on any atom is 0.328 e. The number of nitrogens with zero attached hydrogens (tertiary/aromatic N) is 4. The van der Waals surface area contributed by atoms with E-state index in [9.17, 15) is 38.4 Å². The molecule has 2 aliphatic heterocycles. The third kappa shape index (κ3) is 13.8. The maximum absolute atomic E-state index is 13.6. The standard InChI is InChI=1S/C34H57N9O9/c1-8-41(9-2)19-20-52-32(50)25(13-10-16-35-33(37-23(6)45)38-24(7)46)39-29(47)27-15-12-18-43(27)34(51)40-30(48)26-14-11-17-42(26)31(49)28(21(3)4)36-22(5)44/h21,25-28H,8-20H2,1-7H3,(H,36,44)(H,39,47)(H,40,48,51)(H2,35,37,38,45,46). The first-order chi connectivity index (χ1) is 24.6. The third-order valence-corrected chi connectivity index (χ3v) is 8.83. The molecule has 52 heavy (non-hydrogen) atoms. The molecule has 18 heteroatoms. The molecule has 2 heterocycles. The van der Waals surface area contributed by atoms with Crippen molar-refractivity contribution < 1.29 is 43.1 Å². The SMILES string of the molecule is CCN(CC)CCOC(=O)C(CCCN=C(NC(C)=O)NC(C)=O)NC(=O)C1CCCN1C(=O)NC(=O)C1CCCN1C(=O)C(NC(C)=O)C(C)C. The van der Waals surface area contributed by atoms with Gasteiger partial charge in [-0.25, -0.2) is 9.59 Å². The Morgan fingerprint density at radius 1 is 0.788 bits per heavy atom. The van der Waals surface area contributed by atoms with Gasteiger partial charge < -0.3 is 30.1 Å². The number of likely N-dealkylation sites (tertiary alicyclic amines) is 2. The van der Waals surface area contributed by atoms with E-state index in [4.69, 9.17) is 4.74 Å². The first kappa shape index (κ1) is 43.6. The number of urea groups is 1. The molecule has 0 bridgehead atoms. The number of carbonyl (C=O) groups is 8. The monoisotopic (exact) mass is 735 g/mol. The number of carbonyl (C=O) groups excluding carboxylic acids is 8. The third-order valence-electron chi connectivity index (χ3n) is 8.83. The van der Waals surface area contributed by atoms with Crippen molar-refractivity contribution in [1.82, 2.24) is 41.3 Å². The Bertz CT molecular complexity index is 1320. The van der Waals surface area contributed by atoms with Gasteiger partial charge in [-0.15, -0.1) is 0 Å². The van der Waals surface area contributed by atoms with E-state index >= 15 is 0 Å². The molecular weight excluding hydrogens is 678 g/mol. The van der Waals surface area contributed by atoms with Crippen LogP contribution in [0.25, 0.3) is 0 Å². The molecule has 0 aromatic rings. The van der Waals surface area contributed by atoms with Crippen molar-refractivity contribution in [2.75, 3.05) is 45.9 Å². The van der Waals surface area contributed by atoms with Crippen LogP contribution in [0.2, 0.25) is 0 Å². The van der Waals surface area contributed by atoms with Crippen molar-refractivity contribution in [2.24, 2.45) is 10.9 Å². The van der Waals surface area contributed by atoms with Crippen LogP contribution in [0.1, 0.15) is 87.0 Å². The second-order valence-corrected chi connectivity index (χ2v) is 13.2. The summed E-state index contributed by atoms with van der Waals surface area (Å²) in [4.78, 5) is 110. The molecule has 2 saturated heterocycles. The van der Waals surface area contributed by atoms with Gasteiger partial charge in [0.2, 0.25) is 35.5 Å². The summed E-state index contributed by atoms with van der Waals surface area (Å²) >= 11 is 0. The normalized spacial score (nSPS) is 17.9. The van der Waals surface area contributed by atoms with Crippen LogP contribution in [0.3, 0.4) is 0 Å². The van der Waals surface area contributed by atoms with Crippen molar-refractivity contribution in [3.63, 3.8) is 0 Å². The fourth-order valence-corrected chi connectivity index (χ4v) is 6.12. The second-order valence-electron chi connectivity index (χ2n) is 13.2. The van der Waals surface area contributed by atoms with Gasteiger partial charge in [0.15, 0.2) is 0 Å². The van der Waals surface area contributed by atoms with Gasteiger partial charge >= 0.3 is 12.0 Å². The minimum absolute atomic E-state index is 0.0397. The maximum atomic E-state index is 13.6. The van der Waals surface area contributed by atoms with Crippen molar-refractivity contribution >= 4 is 53.4 Å². The average Bonchev–Trinajstić information content (AvgIpc) is 3.77. The van der Waals surface area contributed by atoms with E-state index in [2.05, 4.69) is 36.5 Å². The first-order valence-electron chi connectivity index (χ1n) is 18.1. The molecule has 0 radical (unpaired) electrons. The minimum Gasteiger partial charge on any atom is -0.463 e. The van der Waals surface area contributed by atoms with E-state index in [-0.39, 0.29) is 50.3 Å². The number of guanidine groups is 1. The molecule has 292 valence electrons. The van der Waals surface area contributed by atoms with Gasteiger partial charge in [-0.3, -0.25) is 49.7 Å². The van der Waals surface area contributed by atoms with Gasteiger partial charge in [-0.05, 0) is 57.5 Å². The quantitative estimate of drug-likeness (QED) is 0.0597. The number of ether oxygens (including phenoxy) is 1. The predicted molar refractivity (Wildman–Crippen MR) is 190 cm³/mol. The highest BCUT2D eigenvalue weighted by molar-refractivity contribution is 6.03. The largest absolute Gasteiger partial charge is 0.463 e. The van der Waals surface area contributed by atoms with Crippen molar-refractivity contribution in [3.05, 3.63) is 0 Å². The predicted octanol–water partition coefficient (Wildman–Crippen LogP) is -0.383. The molecule has 2 aliphatic rings. The van der Waals surface area contributed by atoms with E-state index in [0.29, 0.717) is 38.8 Å². The Labute approximate surface area is 305 Å². The molecule has 18 nitrogen and oxygen atoms in total. The van der Waals surface area contributed by atoms with Gasteiger partial charge in [0.25, 0.3) is 5.91 Å². The number of amides is 8.